The second-order valence-corrected chi connectivity index (χ2v) is 5.73. The third kappa shape index (κ3) is 3.47. The minimum absolute atomic E-state index is 0.117. The normalized spacial score (nSPS) is 25.3. The molecular formula is C14H26N4O. The van der Waals surface area contributed by atoms with Gasteiger partial charge in [-0.25, -0.2) is 0 Å². The molecule has 5 heteroatoms. The predicted octanol–water partition coefficient (Wildman–Crippen LogP) is 2.76. The van der Waals surface area contributed by atoms with Crippen LogP contribution in [-0.2, 0) is 0 Å². The molecule has 1 aromatic rings. The van der Waals surface area contributed by atoms with Crippen LogP contribution in [-0.4, -0.2) is 29.8 Å². The maximum Gasteiger partial charge on any atom is 0.318 e. The van der Waals surface area contributed by atoms with Crippen molar-refractivity contribution in [3.63, 3.8) is 0 Å². The lowest BCUT2D eigenvalue weighted by atomic mass is 9.87. The van der Waals surface area contributed by atoms with Gasteiger partial charge in [-0.2, -0.15) is 0 Å². The molecule has 0 bridgehead atoms. The molecule has 2 rings (SSSR count). The third-order valence-electron chi connectivity index (χ3n) is 4.15. The standard InChI is InChI=1S/C14H26N4O/c1-5-15-11(3)13-16-17-14(19-13)18(4)12-8-6-10(2)7-9-12/h10-12,15H,5-9H2,1-4H3. The maximum absolute atomic E-state index is 5.78. The van der Waals surface area contributed by atoms with Crippen molar-refractivity contribution in [2.24, 2.45) is 5.92 Å². The predicted molar refractivity (Wildman–Crippen MR) is 76.2 cm³/mol. The molecule has 1 aliphatic carbocycles. The van der Waals surface area contributed by atoms with Gasteiger partial charge in [0.15, 0.2) is 0 Å². The van der Waals surface area contributed by atoms with Gasteiger partial charge in [0.1, 0.15) is 0 Å². The van der Waals surface area contributed by atoms with Crippen LogP contribution in [0.15, 0.2) is 4.42 Å². The summed E-state index contributed by atoms with van der Waals surface area (Å²) < 4.78 is 5.78. The average molecular weight is 266 g/mol. The van der Waals surface area contributed by atoms with E-state index in [4.69, 9.17) is 4.42 Å². The molecule has 1 aliphatic rings. The van der Waals surface area contributed by atoms with E-state index in [0.29, 0.717) is 17.9 Å². The fourth-order valence-electron chi connectivity index (χ4n) is 2.72. The van der Waals surface area contributed by atoms with Crippen molar-refractivity contribution in [1.29, 1.82) is 0 Å². The molecule has 108 valence electrons. The van der Waals surface area contributed by atoms with Crippen LogP contribution in [0, 0.1) is 5.92 Å². The molecule has 1 unspecified atom stereocenters. The van der Waals surface area contributed by atoms with Crippen LogP contribution >= 0.6 is 0 Å². The minimum atomic E-state index is 0.117. The number of hydrogen-bond acceptors (Lipinski definition) is 5. The quantitative estimate of drug-likeness (QED) is 0.888. The Bertz CT molecular complexity index is 385. The Hall–Kier alpha value is -1.10. The van der Waals surface area contributed by atoms with E-state index in [2.05, 4.69) is 41.3 Å². The first-order valence-corrected chi connectivity index (χ1v) is 7.41. The van der Waals surface area contributed by atoms with Crippen LogP contribution in [0.1, 0.15) is 58.4 Å². The second-order valence-electron chi connectivity index (χ2n) is 5.73. The van der Waals surface area contributed by atoms with Crippen molar-refractivity contribution in [1.82, 2.24) is 15.5 Å². The molecule has 0 spiro atoms. The van der Waals surface area contributed by atoms with Crippen molar-refractivity contribution in [2.45, 2.75) is 58.5 Å². The van der Waals surface area contributed by atoms with Gasteiger partial charge >= 0.3 is 6.01 Å². The van der Waals surface area contributed by atoms with Gasteiger partial charge in [-0.15, -0.1) is 5.10 Å². The minimum Gasteiger partial charge on any atom is -0.406 e. The first-order chi connectivity index (χ1) is 9.11. The fraction of sp³-hybridized carbons (Fsp3) is 0.857. The highest BCUT2D eigenvalue weighted by atomic mass is 16.4. The van der Waals surface area contributed by atoms with Crippen LogP contribution in [0.5, 0.6) is 0 Å². The summed E-state index contributed by atoms with van der Waals surface area (Å²) in [7, 11) is 2.07. The van der Waals surface area contributed by atoms with Gasteiger partial charge in [0, 0.05) is 13.1 Å². The van der Waals surface area contributed by atoms with Crippen molar-refractivity contribution in [2.75, 3.05) is 18.5 Å². The fourth-order valence-corrected chi connectivity index (χ4v) is 2.72. The number of nitrogens with zero attached hydrogens (tertiary/aromatic N) is 3. The van der Waals surface area contributed by atoms with Crippen LogP contribution in [0.25, 0.3) is 0 Å². The lowest BCUT2D eigenvalue weighted by molar-refractivity contribution is 0.328. The SMILES string of the molecule is CCNC(C)c1nnc(N(C)C2CCC(C)CC2)o1. The number of rotatable bonds is 5. The summed E-state index contributed by atoms with van der Waals surface area (Å²) in [5, 5.41) is 11.6. The molecule has 1 N–H and O–H groups in total. The van der Waals surface area contributed by atoms with E-state index in [-0.39, 0.29) is 6.04 Å². The Kier molecular flexibility index (Phi) is 4.80. The summed E-state index contributed by atoms with van der Waals surface area (Å²) in [6.45, 7) is 7.35. The molecule has 19 heavy (non-hydrogen) atoms. The second kappa shape index (κ2) is 6.37. The Balaban J connectivity index is 1.97. The summed E-state index contributed by atoms with van der Waals surface area (Å²) in [6.07, 6.45) is 5.03. The molecule has 0 aromatic carbocycles. The number of nitrogens with one attached hydrogen (secondary N) is 1. The van der Waals surface area contributed by atoms with Crippen LogP contribution in [0.2, 0.25) is 0 Å². The number of aromatic nitrogens is 2. The Morgan fingerprint density at radius 2 is 2.00 bits per heavy atom. The lowest BCUT2D eigenvalue weighted by Gasteiger charge is -2.32. The topological polar surface area (TPSA) is 54.2 Å². The maximum atomic E-state index is 5.78. The molecule has 1 fully saturated rings. The summed E-state index contributed by atoms with van der Waals surface area (Å²) >= 11 is 0. The van der Waals surface area contributed by atoms with Crippen molar-refractivity contribution in [3.05, 3.63) is 5.89 Å². The highest BCUT2D eigenvalue weighted by Gasteiger charge is 2.25. The third-order valence-corrected chi connectivity index (χ3v) is 4.15. The molecule has 1 atom stereocenters. The Labute approximate surface area is 115 Å². The monoisotopic (exact) mass is 266 g/mol. The van der Waals surface area contributed by atoms with Gasteiger partial charge in [0.2, 0.25) is 5.89 Å². The molecular weight excluding hydrogens is 240 g/mol. The Morgan fingerprint density at radius 3 is 2.63 bits per heavy atom. The number of anilines is 1. The van der Waals surface area contributed by atoms with E-state index >= 15 is 0 Å². The highest BCUT2D eigenvalue weighted by molar-refractivity contribution is 5.25. The summed E-state index contributed by atoms with van der Waals surface area (Å²) in [5.74, 6) is 1.53. The van der Waals surface area contributed by atoms with Crippen LogP contribution in [0.3, 0.4) is 0 Å². The zero-order chi connectivity index (χ0) is 13.8. The van der Waals surface area contributed by atoms with E-state index in [1.165, 1.54) is 25.7 Å². The van der Waals surface area contributed by atoms with Crippen LogP contribution < -0.4 is 10.2 Å². The zero-order valence-corrected chi connectivity index (χ0v) is 12.5. The van der Waals surface area contributed by atoms with E-state index in [0.717, 1.165) is 12.5 Å². The first-order valence-electron chi connectivity index (χ1n) is 7.41. The molecule has 0 amide bonds. The largest absolute Gasteiger partial charge is 0.406 e. The van der Waals surface area contributed by atoms with E-state index in [1.807, 2.05) is 6.92 Å². The molecule has 0 aliphatic heterocycles. The molecule has 1 aromatic heterocycles. The summed E-state index contributed by atoms with van der Waals surface area (Å²) in [5.41, 5.74) is 0. The lowest BCUT2D eigenvalue weighted by Crippen LogP contribution is -2.35. The van der Waals surface area contributed by atoms with E-state index < -0.39 is 0 Å². The smallest absolute Gasteiger partial charge is 0.318 e. The first kappa shape index (κ1) is 14.3. The van der Waals surface area contributed by atoms with Gasteiger partial charge in [0.25, 0.3) is 0 Å². The van der Waals surface area contributed by atoms with E-state index in [1.54, 1.807) is 0 Å². The van der Waals surface area contributed by atoms with Gasteiger partial charge in [-0.1, -0.05) is 18.9 Å². The Morgan fingerprint density at radius 1 is 1.32 bits per heavy atom. The van der Waals surface area contributed by atoms with Gasteiger partial charge in [-0.05, 0) is 45.1 Å². The summed E-state index contributed by atoms with van der Waals surface area (Å²) in [6, 6.07) is 1.31. The average Bonchev–Trinajstić information content (AvgIpc) is 2.89. The molecule has 1 saturated carbocycles. The van der Waals surface area contributed by atoms with Crippen molar-refractivity contribution in [3.8, 4) is 0 Å². The molecule has 0 radical (unpaired) electrons. The van der Waals surface area contributed by atoms with Gasteiger partial charge in [0.05, 0.1) is 6.04 Å². The molecule has 1 heterocycles. The van der Waals surface area contributed by atoms with E-state index in [9.17, 15) is 0 Å². The number of hydrogen-bond donors (Lipinski definition) is 1. The zero-order valence-electron chi connectivity index (χ0n) is 12.5. The molecule has 5 nitrogen and oxygen atoms in total. The van der Waals surface area contributed by atoms with Crippen LogP contribution in [0.4, 0.5) is 6.01 Å². The highest BCUT2D eigenvalue weighted by Crippen LogP contribution is 2.29. The van der Waals surface area contributed by atoms with Crippen molar-refractivity contribution < 1.29 is 4.42 Å². The van der Waals surface area contributed by atoms with Gasteiger partial charge in [-0.3, -0.25) is 0 Å². The summed E-state index contributed by atoms with van der Waals surface area (Å²) in [4.78, 5) is 2.15. The molecule has 0 saturated heterocycles. The van der Waals surface area contributed by atoms with Gasteiger partial charge < -0.3 is 14.6 Å². The van der Waals surface area contributed by atoms with Crippen molar-refractivity contribution >= 4 is 6.01 Å².